The summed E-state index contributed by atoms with van der Waals surface area (Å²) in [7, 11) is 0. The van der Waals surface area contributed by atoms with Crippen LogP contribution in [0.3, 0.4) is 0 Å². The number of fused-ring (bicyclic) bond motifs is 1. The Morgan fingerprint density at radius 2 is 1.27 bits per heavy atom. The van der Waals surface area contributed by atoms with E-state index in [1.54, 1.807) is 57.2 Å². The lowest BCUT2D eigenvalue weighted by Gasteiger charge is -2.29. The van der Waals surface area contributed by atoms with E-state index in [9.17, 15) is 33.9 Å². The van der Waals surface area contributed by atoms with Crippen LogP contribution in [0.5, 0.6) is 0 Å². The number of carbonyl (C=O) groups excluding carboxylic acids is 5. The van der Waals surface area contributed by atoms with E-state index in [-0.39, 0.29) is 37.7 Å². The third kappa shape index (κ3) is 17.1. The van der Waals surface area contributed by atoms with Crippen LogP contribution in [0.25, 0.3) is 16.6 Å². The second-order valence-electron chi connectivity index (χ2n) is 17.3. The fourth-order valence-corrected chi connectivity index (χ4v) is 7.23. The number of aliphatic carboxylic acids is 1. The van der Waals surface area contributed by atoms with Gasteiger partial charge in [0.2, 0.25) is 23.6 Å². The van der Waals surface area contributed by atoms with Gasteiger partial charge in [0.15, 0.2) is 0 Å². The van der Waals surface area contributed by atoms with Crippen LogP contribution in [-0.4, -0.2) is 92.5 Å². The molecule has 0 saturated heterocycles. The second-order valence-corrected chi connectivity index (χ2v) is 17.3. The normalized spacial score (nSPS) is 13.7. The molecule has 0 aliphatic heterocycles. The molecule has 0 bridgehead atoms. The fourth-order valence-electron chi connectivity index (χ4n) is 7.23. The Hall–Kier alpha value is -7.01. The Morgan fingerprint density at radius 3 is 1.85 bits per heavy atom. The molecule has 0 spiro atoms. The van der Waals surface area contributed by atoms with Crippen LogP contribution in [0.15, 0.2) is 104 Å². The number of hydrogen-bond acceptors (Lipinski definition) is 8. The van der Waals surface area contributed by atoms with Gasteiger partial charge in [0.05, 0.1) is 6.33 Å². The summed E-state index contributed by atoms with van der Waals surface area (Å²) in [5.41, 5.74) is 11.6. The average Bonchev–Trinajstić information content (AvgIpc) is 3.99. The van der Waals surface area contributed by atoms with Gasteiger partial charge in [0.25, 0.3) is 0 Å². The summed E-state index contributed by atoms with van der Waals surface area (Å²) in [6.07, 6.45) is 5.68. The van der Waals surface area contributed by atoms with Gasteiger partial charge in [0.1, 0.15) is 36.8 Å². The highest BCUT2D eigenvalue weighted by atomic mass is 16.5. The number of para-hydroxylation sites is 1. The van der Waals surface area contributed by atoms with Crippen molar-refractivity contribution in [1.82, 2.24) is 41.5 Å². The molecule has 0 fully saturated rings. The molecule has 5 aromatic rings. The number of rotatable bonds is 23. The zero-order valence-electron chi connectivity index (χ0n) is 39.1. The van der Waals surface area contributed by atoms with Gasteiger partial charge in [-0.2, -0.15) is 0 Å². The summed E-state index contributed by atoms with van der Waals surface area (Å²) in [6, 6.07) is 20.5. The fraction of sp³-hybridized carbons (Fsp3) is 0.420. The van der Waals surface area contributed by atoms with Crippen LogP contribution in [0.2, 0.25) is 0 Å². The van der Waals surface area contributed by atoms with E-state index in [0.29, 0.717) is 18.7 Å². The zero-order chi connectivity index (χ0) is 48.9. The molecule has 0 aliphatic rings. The van der Waals surface area contributed by atoms with Crippen LogP contribution in [-0.2, 0) is 54.6 Å². The largest absolute Gasteiger partial charge is 0.677 e. The van der Waals surface area contributed by atoms with Gasteiger partial charge in [-0.25, -0.2) is 14.6 Å². The average molecular weight is 921 g/mol. The molecule has 2 heterocycles. The number of H-pyrrole nitrogens is 2. The van der Waals surface area contributed by atoms with Crippen LogP contribution in [0, 0.1) is 17.8 Å². The molecule has 0 unspecified atom stereocenters. The molecule has 5 rings (SSSR count). The highest BCUT2D eigenvalue weighted by Gasteiger charge is 2.35. The Morgan fingerprint density at radius 1 is 0.687 bits per heavy atom. The number of hydrogen-bond donors (Lipinski definition) is 8. The predicted octanol–water partition coefficient (Wildman–Crippen LogP) is 6.02. The summed E-state index contributed by atoms with van der Waals surface area (Å²) in [5, 5.41) is 24.4. The summed E-state index contributed by atoms with van der Waals surface area (Å²) in [6.45, 7) is 11.1. The molecule has 0 saturated carbocycles. The van der Waals surface area contributed by atoms with E-state index in [4.69, 9.17) is 10.5 Å². The number of carboxylic acid groups (broad SMARTS) is 1. The van der Waals surface area contributed by atoms with Crippen molar-refractivity contribution in [3.8, 4) is 0 Å². The van der Waals surface area contributed by atoms with Crippen molar-refractivity contribution in [3.63, 3.8) is 0 Å². The molecule has 9 N–H and O–H groups in total. The third-order valence-corrected chi connectivity index (χ3v) is 11.1. The Bertz CT molecular complexity index is 2320. The molecule has 5 amide bonds. The van der Waals surface area contributed by atoms with E-state index in [1.165, 1.54) is 29.0 Å². The Kier molecular flexibility index (Phi) is 21.1. The van der Waals surface area contributed by atoms with E-state index in [0.717, 1.165) is 17.5 Å². The predicted molar refractivity (Wildman–Crippen MR) is 256 cm³/mol. The van der Waals surface area contributed by atoms with Crippen LogP contribution in [0.1, 0.15) is 76.8 Å². The number of ether oxygens (including phenoxy) is 1. The molecule has 2 aromatic heterocycles. The number of nitrogens with zero attached hydrogens (tertiary/aromatic N) is 1. The second kappa shape index (κ2) is 26.8. The van der Waals surface area contributed by atoms with Gasteiger partial charge in [-0.3, -0.25) is 19.2 Å². The lowest BCUT2D eigenvalue weighted by molar-refractivity contribution is -0.144. The van der Waals surface area contributed by atoms with Crippen molar-refractivity contribution in [3.05, 3.63) is 132 Å². The maximum absolute atomic E-state index is 14.0. The zero-order valence-corrected chi connectivity index (χ0v) is 39.1. The smallest absolute Gasteiger partial charge is 0.408 e. The Balaban J connectivity index is 0.000000698. The van der Waals surface area contributed by atoms with Gasteiger partial charge >= 0.3 is 12.1 Å². The molecule has 17 heteroatoms. The number of nitrogens with one attached hydrogen (secondary N) is 8. The van der Waals surface area contributed by atoms with E-state index >= 15 is 0 Å². The quantitative estimate of drug-likeness (QED) is 0.0380. The first-order chi connectivity index (χ1) is 32.1. The topological polar surface area (TPSA) is 260 Å². The number of imidazole rings is 1. The molecular formula is C50H66N9O8-. The first-order valence-electron chi connectivity index (χ1n) is 22.7. The minimum absolute atomic E-state index is 0.0200. The van der Waals surface area contributed by atoms with Crippen LogP contribution >= 0.6 is 0 Å². The van der Waals surface area contributed by atoms with Gasteiger partial charge in [-0.05, 0) is 53.4 Å². The maximum Gasteiger partial charge on any atom is 0.408 e. The van der Waals surface area contributed by atoms with E-state index in [1.807, 2.05) is 63.4 Å². The molecule has 0 radical (unpaired) electrons. The minimum Gasteiger partial charge on any atom is -0.677 e. The first kappa shape index (κ1) is 52.6. The highest BCUT2D eigenvalue weighted by Crippen LogP contribution is 2.18. The SMILES string of the molecule is CC[C@H](C)[C@H](NC(=O)[C@@H](NC(=O)[C@H](CC(C)C)NC(=O)[C@H](Cc1cnc[nH]1)NC(=O)[C@H](Cc1ccccc1)NC(=O)OCc1ccccc1)C(C)C)C(=O)O.[NH-]CCc1c[nH]c2ccccc12. The summed E-state index contributed by atoms with van der Waals surface area (Å²) in [4.78, 5) is 90.1. The Labute approximate surface area is 392 Å². The van der Waals surface area contributed by atoms with Crippen LogP contribution in [0.4, 0.5) is 4.79 Å². The van der Waals surface area contributed by atoms with E-state index < -0.39 is 71.8 Å². The highest BCUT2D eigenvalue weighted by molar-refractivity contribution is 5.96. The molecule has 360 valence electrons. The number of alkyl carbamates (subject to hydrolysis) is 1. The summed E-state index contributed by atoms with van der Waals surface area (Å²) >= 11 is 0. The lowest BCUT2D eigenvalue weighted by Crippen LogP contribution is -2.60. The molecule has 3 aromatic carbocycles. The number of carbonyl (C=O) groups is 6. The van der Waals surface area contributed by atoms with Crippen molar-refractivity contribution in [2.75, 3.05) is 6.54 Å². The maximum atomic E-state index is 14.0. The number of amides is 5. The number of aromatic amines is 2. The molecule has 67 heavy (non-hydrogen) atoms. The van der Waals surface area contributed by atoms with Crippen molar-refractivity contribution in [2.45, 2.75) is 110 Å². The standard InChI is InChI=1S/C40H55N7O8.C10H11N2/c1-7-26(6)34(39(52)53)47-38(51)33(25(4)5)46-37(50)30(18-24(2)3)43-36(49)32(20-29-21-41-23-42-29)44-35(48)31(19-27-14-10-8-11-15-27)45-40(54)55-22-28-16-12-9-13-17-28;11-6-5-8-7-12-10-4-2-1-3-9(8)10/h8-17,21,23-26,30-34H,7,18-20,22H2,1-6H3,(H,41,42)(H,43,49)(H,44,48)(H,45,54)(H,46,50)(H,47,51)(H,52,53);1-4,7,11-12H,5-6H2/q;-1/t26-,30-,31-,32-,33-,34-;/m0./s1. The first-order valence-corrected chi connectivity index (χ1v) is 22.7. The van der Waals surface area contributed by atoms with Crippen molar-refractivity contribution in [2.24, 2.45) is 17.8 Å². The summed E-state index contributed by atoms with van der Waals surface area (Å²) < 4.78 is 5.39. The molecular weight excluding hydrogens is 855 g/mol. The molecule has 0 aliphatic carbocycles. The number of carboxylic acids is 1. The van der Waals surface area contributed by atoms with Crippen molar-refractivity contribution in [1.29, 1.82) is 0 Å². The number of aromatic nitrogens is 3. The lowest BCUT2D eigenvalue weighted by atomic mass is 9.96. The third-order valence-electron chi connectivity index (χ3n) is 11.1. The van der Waals surface area contributed by atoms with Gasteiger partial charge in [-0.1, -0.05) is 127 Å². The monoisotopic (exact) mass is 921 g/mol. The number of benzene rings is 3. The van der Waals surface area contributed by atoms with Crippen LogP contribution < -0.4 is 26.6 Å². The van der Waals surface area contributed by atoms with Crippen molar-refractivity contribution >= 4 is 46.6 Å². The van der Waals surface area contributed by atoms with Gasteiger partial charge in [0, 0.05) is 41.8 Å². The van der Waals surface area contributed by atoms with Gasteiger partial charge in [-0.15, -0.1) is 6.54 Å². The molecule has 17 nitrogen and oxygen atoms in total. The van der Waals surface area contributed by atoms with Crippen molar-refractivity contribution < 1.29 is 38.6 Å². The summed E-state index contributed by atoms with van der Waals surface area (Å²) in [5.74, 6) is -4.72. The van der Waals surface area contributed by atoms with Gasteiger partial charge < -0.3 is 52.1 Å². The minimum atomic E-state index is -1.23. The molecule has 6 atom stereocenters. The van der Waals surface area contributed by atoms with E-state index in [2.05, 4.69) is 53.7 Å².